The number of amides is 1. The van der Waals surface area contributed by atoms with Crippen molar-refractivity contribution in [3.05, 3.63) is 59.7 Å². The SMILES string of the molecule is Cl.NCc1ccc(C(=O)N2CCN(c3nc4ccccc4s3)CC2)cc1. The maximum atomic E-state index is 12.6. The number of fused-ring (bicyclic) bond motifs is 1. The Morgan fingerprint density at radius 1 is 1.04 bits per heavy atom. The van der Waals surface area contributed by atoms with Gasteiger partial charge in [-0.1, -0.05) is 35.6 Å². The van der Waals surface area contributed by atoms with Crippen molar-refractivity contribution in [1.82, 2.24) is 9.88 Å². The van der Waals surface area contributed by atoms with E-state index >= 15 is 0 Å². The van der Waals surface area contributed by atoms with Crippen LogP contribution in [0.15, 0.2) is 48.5 Å². The van der Waals surface area contributed by atoms with Crippen molar-refractivity contribution in [3.8, 4) is 0 Å². The van der Waals surface area contributed by atoms with Gasteiger partial charge in [0.2, 0.25) is 0 Å². The number of piperazine rings is 1. The summed E-state index contributed by atoms with van der Waals surface area (Å²) in [5, 5.41) is 1.04. The van der Waals surface area contributed by atoms with E-state index in [2.05, 4.69) is 11.0 Å². The molecule has 7 heteroatoms. The number of anilines is 1. The third kappa shape index (κ3) is 3.67. The van der Waals surface area contributed by atoms with E-state index in [1.807, 2.05) is 47.4 Å². The van der Waals surface area contributed by atoms with Crippen LogP contribution >= 0.6 is 23.7 Å². The standard InChI is InChI=1S/C19H20N4OS.ClH/c20-13-14-5-7-15(8-6-14)18(24)22-9-11-23(12-10-22)19-21-16-3-1-2-4-17(16)25-19;/h1-8H,9-13,20H2;1H. The zero-order chi connectivity index (χ0) is 17.2. The lowest BCUT2D eigenvalue weighted by atomic mass is 10.1. The summed E-state index contributed by atoms with van der Waals surface area (Å²) in [6, 6.07) is 15.8. The van der Waals surface area contributed by atoms with Crippen LogP contribution in [0.3, 0.4) is 0 Å². The second kappa shape index (κ2) is 8.03. The minimum absolute atomic E-state index is 0. The molecule has 1 saturated heterocycles. The van der Waals surface area contributed by atoms with Gasteiger partial charge in [-0.2, -0.15) is 0 Å². The Morgan fingerprint density at radius 2 is 1.73 bits per heavy atom. The summed E-state index contributed by atoms with van der Waals surface area (Å²) in [7, 11) is 0. The highest BCUT2D eigenvalue weighted by Gasteiger charge is 2.23. The number of nitrogens with zero attached hydrogens (tertiary/aromatic N) is 3. The number of nitrogens with two attached hydrogens (primary N) is 1. The molecule has 1 fully saturated rings. The Morgan fingerprint density at radius 3 is 2.38 bits per heavy atom. The van der Waals surface area contributed by atoms with Gasteiger partial charge < -0.3 is 15.5 Å². The lowest BCUT2D eigenvalue weighted by Gasteiger charge is -2.34. The van der Waals surface area contributed by atoms with Crippen LogP contribution < -0.4 is 10.6 Å². The van der Waals surface area contributed by atoms with E-state index < -0.39 is 0 Å². The fourth-order valence-electron chi connectivity index (χ4n) is 3.06. The zero-order valence-electron chi connectivity index (χ0n) is 14.3. The lowest BCUT2D eigenvalue weighted by Crippen LogP contribution is -2.48. The number of hydrogen-bond donors (Lipinski definition) is 1. The first-order valence-electron chi connectivity index (χ1n) is 8.43. The predicted octanol–water partition coefficient (Wildman–Crippen LogP) is 3.14. The Bertz CT molecular complexity index is 855. The van der Waals surface area contributed by atoms with Crippen LogP contribution in [0, 0.1) is 0 Å². The van der Waals surface area contributed by atoms with E-state index in [0.29, 0.717) is 19.6 Å². The third-order valence-electron chi connectivity index (χ3n) is 4.56. The van der Waals surface area contributed by atoms with Gasteiger partial charge in [0.05, 0.1) is 10.2 Å². The van der Waals surface area contributed by atoms with E-state index in [0.717, 1.165) is 34.9 Å². The van der Waals surface area contributed by atoms with Crippen LogP contribution in [-0.4, -0.2) is 42.0 Å². The molecule has 0 unspecified atom stereocenters. The fourth-order valence-corrected chi connectivity index (χ4v) is 4.08. The Balaban J connectivity index is 0.00000196. The normalized spacial score (nSPS) is 14.3. The lowest BCUT2D eigenvalue weighted by molar-refractivity contribution is 0.0747. The summed E-state index contributed by atoms with van der Waals surface area (Å²) in [6.07, 6.45) is 0. The molecule has 1 aliphatic rings. The van der Waals surface area contributed by atoms with Crippen LogP contribution in [0.25, 0.3) is 10.2 Å². The van der Waals surface area contributed by atoms with Gasteiger partial charge >= 0.3 is 0 Å². The first-order valence-corrected chi connectivity index (χ1v) is 9.25. The quantitative estimate of drug-likeness (QED) is 0.748. The van der Waals surface area contributed by atoms with Crippen molar-refractivity contribution in [2.45, 2.75) is 6.54 Å². The highest BCUT2D eigenvalue weighted by atomic mass is 35.5. The van der Waals surface area contributed by atoms with E-state index in [1.54, 1.807) is 11.3 Å². The number of carbonyl (C=O) groups is 1. The summed E-state index contributed by atoms with van der Waals surface area (Å²) in [5.41, 5.74) is 8.42. The van der Waals surface area contributed by atoms with Crippen molar-refractivity contribution >= 4 is 45.0 Å². The molecule has 5 nitrogen and oxygen atoms in total. The van der Waals surface area contributed by atoms with E-state index in [1.165, 1.54) is 4.70 Å². The highest BCUT2D eigenvalue weighted by molar-refractivity contribution is 7.22. The van der Waals surface area contributed by atoms with Gasteiger partial charge in [-0.05, 0) is 29.8 Å². The van der Waals surface area contributed by atoms with Crippen LogP contribution in [-0.2, 0) is 6.54 Å². The summed E-state index contributed by atoms with van der Waals surface area (Å²) >= 11 is 1.71. The summed E-state index contributed by atoms with van der Waals surface area (Å²) < 4.78 is 1.20. The maximum Gasteiger partial charge on any atom is 0.253 e. The molecule has 1 aliphatic heterocycles. The molecule has 136 valence electrons. The predicted molar refractivity (Wildman–Crippen MR) is 109 cm³/mol. The number of aromatic nitrogens is 1. The molecule has 0 radical (unpaired) electrons. The largest absolute Gasteiger partial charge is 0.345 e. The number of rotatable bonds is 3. The van der Waals surface area contributed by atoms with Gasteiger partial charge in [-0.15, -0.1) is 12.4 Å². The van der Waals surface area contributed by atoms with Crippen molar-refractivity contribution in [1.29, 1.82) is 0 Å². The molecule has 1 aromatic heterocycles. The summed E-state index contributed by atoms with van der Waals surface area (Å²) in [6.45, 7) is 3.55. The molecular weight excluding hydrogens is 368 g/mol. The highest BCUT2D eigenvalue weighted by Crippen LogP contribution is 2.29. The van der Waals surface area contributed by atoms with Gasteiger partial charge in [-0.3, -0.25) is 4.79 Å². The van der Waals surface area contributed by atoms with Crippen LogP contribution in [0.4, 0.5) is 5.13 Å². The molecule has 0 spiro atoms. The molecule has 2 heterocycles. The smallest absolute Gasteiger partial charge is 0.253 e. The molecule has 0 atom stereocenters. The van der Waals surface area contributed by atoms with Crippen molar-refractivity contribution in [2.24, 2.45) is 5.73 Å². The van der Waals surface area contributed by atoms with Crippen LogP contribution in [0.1, 0.15) is 15.9 Å². The minimum atomic E-state index is 0. The number of halogens is 1. The summed E-state index contributed by atoms with van der Waals surface area (Å²) in [4.78, 5) is 21.5. The molecular formula is C19H21ClN4OS. The number of para-hydroxylation sites is 1. The van der Waals surface area contributed by atoms with Crippen molar-refractivity contribution in [2.75, 3.05) is 31.1 Å². The van der Waals surface area contributed by atoms with Gasteiger partial charge in [0.1, 0.15) is 0 Å². The first kappa shape index (κ1) is 18.6. The monoisotopic (exact) mass is 388 g/mol. The van der Waals surface area contributed by atoms with E-state index in [4.69, 9.17) is 10.7 Å². The first-order chi connectivity index (χ1) is 12.2. The second-order valence-corrected chi connectivity index (χ2v) is 7.15. The number of carbonyl (C=O) groups excluding carboxylic acids is 1. The fraction of sp³-hybridized carbons (Fsp3) is 0.263. The van der Waals surface area contributed by atoms with Crippen molar-refractivity contribution < 1.29 is 4.79 Å². The van der Waals surface area contributed by atoms with Gasteiger partial charge in [0, 0.05) is 38.3 Å². The third-order valence-corrected chi connectivity index (χ3v) is 5.65. The van der Waals surface area contributed by atoms with Gasteiger partial charge in [-0.25, -0.2) is 4.98 Å². The minimum Gasteiger partial charge on any atom is -0.345 e. The summed E-state index contributed by atoms with van der Waals surface area (Å²) in [5.74, 6) is 0.0903. The van der Waals surface area contributed by atoms with Crippen molar-refractivity contribution in [3.63, 3.8) is 0 Å². The number of hydrogen-bond acceptors (Lipinski definition) is 5. The number of thiazole rings is 1. The molecule has 4 rings (SSSR count). The van der Waals surface area contributed by atoms with E-state index in [-0.39, 0.29) is 18.3 Å². The molecule has 2 N–H and O–H groups in total. The Kier molecular flexibility index (Phi) is 5.76. The van der Waals surface area contributed by atoms with Crippen LogP contribution in [0.2, 0.25) is 0 Å². The van der Waals surface area contributed by atoms with Crippen LogP contribution in [0.5, 0.6) is 0 Å². The average molecular weight is 389 g/mol. The topological polar surface area (TPSA) is 62.5 Å². The molecule has 3 aromatic rings. The van der Waals surface area contributed by atoms with Gasteiger partial charge in [0.15, 0.2) is 5.13 Å². The number of benzene rings is 2. The molecule has 2 aromatic carbocycles. The average Bonchev–Trinajstić information content (AvgIpc) is 3.12. The second-order valence-electron chi connectivity index (χ2n) is 6.14. The Hall–Kier alpha value is -2.15. The molecule has 0 aliphatic carbocycles. The molecule has 1 amide bonds. The molecule has 26 heavy (non-hydrogen) atoms. The zero-order valence-corrected chi connectivity index (χ0v) is 15.9. The van der Waals surface area contributed by atoms with Gasteiger partial charge in [0.25, 0.3) is 5.91 Å². The Labute approximate surface area is 162 Å². The molecule has 0 saturated carbocycles. The molecule has 0 bridgehead atoms. The maximum absolute atomic E-state index is 12.6. The van der Waals surface area contributed by atoms with E-state index in [9.17, 15) is 4.79 Å².